The molecular formula is C16H21BrN2O. The zero-order valence-corrected chi connectivity index (χ0v) is 13.2. The monoisotopic (exact) mass is 336 g/mol. The molecule has 0 amide bonds. The number of rotatable bonds is 3. The number of piperidine rings is 3. The lowest BCUT2D eigenvalue weighted by Gasteiger charge is -2.45. The van der Waals surface area contributed by atoms with E-state index in [2.05, 4.69) is 44.3 Å². The molecule has 0 aromatic heterocycles. The summed E-state index contributed by atoms with van der Waals surface area (Å²) < 4.78 is 7.18. The molecule has 108 valence electrons. The molecule has 2 atom stereocenters. The molecule has 0 spiro atoms. The molecule has 4 aliphatic heterocycles. The average Bonchev–Trinajstić information content (AvgIpc) is 2.88. The molecule has 2 unspecified atom stereocenters. The van der Waals surface area contributed by atoms with Gasteiger partial charge in [0.05, 0.1) is 0 Å². The molecule has 1 aromatic carbocycles. The van der Waals surface area contributed by atoms with E-state index < -0.39 is 0 Å². The van der Waals surface area contributed by atoms with Crippen LogP contribution in [0, 0.1) is 5.92 Å². The zero-order chi connectivity index (χ0) is 13.5. The minimum absolute atomic E-state index is 0.301. The molecule has 1 N–H and O–H groups in total. The molecule has 4 heterocycles. The Kier molecular flexibility index (Phi) is 3.49. The highest BCUT2D eigenvalue weighted by Crippen LogP contribution is 2.32. The highest BCUT2D eigenvalue weighted by molar-refractivity contribution is 9.10. The SMILES string of the molecule is Brc1ccc2c(c1)CC(CNC1CN3CCC1CC3)O2. The van der Waals surface area contributed by atoms with Crippen molar-refractivity contribution in [2.45, 2.75) is 31.4 Å². The average molecular weight is 337 g/mol. The van der Waals surface area contributed by atoms with Crippen LogP contribution in [-0.2, 0) is 6.42 Å². The molecule has 3 nitrogen and oxygen atoms in total. The van der Waals surface area contributed by atoms with Crippen molar-refractivity contribution < 1.29 is 4.74 Å². The maximum Gasteiger partial charge on any atom is 0.123 e. The van der Waals surface area contributed by atoms with Gasteiger partial charge in [-0.1, -0.05) is 15.9 Å². The second kappa shape index (κ2) is 5.32. The largest absolute Gasteiger partial charge is 0.488 e. The Hall–Kier alpha value is -0.580. The Morgan fingerprint density at radius 2 is 2.15 bits per heavy atom. The highest BCUT2D eigenvalue weighted by Gasteiger charge is 2.34. The fraction of sp³-hybridized carbons (Fsp3) is 0.625. The summed E-state index contributed by atoms with van der Waals surface area (Å²) >= 11 is 3.53. The number of nitrogens with zero attached hydrogens (tertiary/aromatic N) is 1. The van der Waals surface area contributed by atoms with E-state index in [4.69, 9.17) is 4.74 Å². The molecule has 3 fully saturated rings. The van der Waals surface area contributed by atoms with Gasteiger partial charge in [-0.25, -0.2) is 0 Å². The maximum absolute atomic E-state index is 6.04. The number of hydrogen-bond donors (Lipinski definition) is 1. The van der Waals surface area contributed by atoms with Gasteiger partial charge in [0.1, 0.15) is 11.9 Å². The molecule has 0 aliphatic carbocycles. The molecule has 20 heavy (non-hydrogen) atoms. The van der Waals surface area contributed by atoms with Gasteiger partial charge in [-0.15, -0.1) is 0 Å². The Morgan fingerprint density at radius 3 is 2.90 bits per heavy atom. The normalized spacial score (nSPS) is 34.9. The van der Waals surface area contributed by atoms with Crippen molar-refractivity contribution in [3.05, 3.63) is 28.2 Å². The molecular weight excluding hydrogens is 316 g/mol. The summed E-state index contributed by atoms with van der Waals surface area (Å²) in [5, 5.41) is 3.77. The molecule has 4 aliphatic rings. The van der Waals surface area contributed by atoms with Crippen molar-refractivity contribution >= 4 is 15.9 Å². The summed E-state index contributed by atoms with van der Waals surface area (Å²) in [6.45, 7) is 4.82. The van der Waals surface area contributed by atoms with E-state index >= 15 is 0 Å². The van der Waals surface area contributed by atoms with E-state index in [0.29, 0.717) is 12.1 Å². The van der Waals surface area contributed by atoms with E-state index in [0.717, 1.165) is 29.1 Å². The van der Waals surface area contributed by atoms with Crippen LogP contribution in [0.1, 0.15) is 18.4 Å². The third-order valence-electron chi connectivity index (χ3n) is 5.03. The predicted octanol–water partition coefficient (Wildman–Crippen LogP) is 2.44. The number of ether oxygens (including phenoxy) is 1. The van der Waals surface area contributed by atoms with E-state index in [-0.39, 0.29) is 0 Å². The van der Waals surface area contributed by atoms with Crippen molar-refractivity contribution in [3.8, 4) is 5.75 Å². The minimum Gasteiger partial charge on any atom is -0.488 e. The van der Waals surface area contributed by atoms with Gasteiger partial charge in [-0.2, -0.15) is 0 Å². The Balaban J connectivity index is 1.33. The smallest absolute Gasteiger partial charge is 0.123 e. The second-order valence-electron chi connectivity index (χ2n) is 6.35. The van der Waals surface area contributed by atoms with Crippen LogP contribution >= 0.6 is 15.9 Å². The minimum atomic E-state index is 0.301. The van der Waals surface area contributed by atoms with Gasteiger partial charge in [0.25, 0.3) is 0 Å². The summed E-state index contributed by atoms with van der Waals surface area (Å²) in [6, 6.07) is 7.00. The molecule has 3 saturated heterocycles. The molecule has 5 rings (SSSR count). The van der Waals surface area contributed by atoms with Crippen molar-refractivity contribution in [1.29, 1.82) is 0 Å². The van der Waals surface area contributed by atoms with E-state index in [9.17, 15) is 0 Å². The van der Waals surface area contributed by atoms with E-state index in [1.807, 2.05) is 0 Å². The standard InChI is InChI=1S/C16H21BrN2O/c17-13-1-2-16-12(7-13)8-14(20-16)9-18-15-10-19-5-3-11(15)4-6-19/h1-2,7,11,14-15,18H,3-6,8-10H2. The summed E-state index contributed by atoms with van der Waals surface area (Å²) in [4.78, 5) is 2.60. The topological polar surface area (TPSA) is 24.5 Å². The quantitative estimate of drug-likeness (QED) is 0.917. The fourth-order valence-electron chi connectivity index (χ4n) is 3.88. The number of fused-ring (bicyclic) bond motifs is 4. The van der Waals surface area contributed by atoms with Crippen LogP contribution in [0.2, 0.25) is 0 Å². The van der Waals surface area contributed by atoms with Crippen molar-refractivity contribution in [2.75, 3.05) is 26.2 Å². The third-order valence-corrected chi connectivity index (χ3v) is 5.52. The first-order chi connectivity index (χ1) is 9.78. The van der Waals surface area contributed by atoms with E-state index in [1.54, 1.807) is 0 Å². The third kappa shape index (κ3) is 2.49. The van der Waals surface area contributed by atoms with Gasteiger partial charge < -0.3 is 15.0 Å². The van der Waals surface area contributed by atoms with Gasteiger partial charge in [0.15, 0.2) is 0 Å². The van der Waals surface area contributed by atoms with Crippen LogP contribution in [0.15, 0.2) is 22.7 Å². The first-order valence-electron chi connectivity index (χ1n) is 7.69. The van der Waals surface area contributed by atoms with Gasteiger partial charge in [0, 0.05) is 30.0 Å². The van der Waals surface area contributed by atoms with Crippen LogP contribution in [0.3, 0.4) is 0 Å². The molecule has 0 radical (unpaired) electrons. The lowest BCUT2D eigenvalue weighted by molar-refractivity contribution is 0.0673. The molecule has 4 heteroatoms. The van der Waals surface area contributed by atoms with Gasteiger partial charge >= 0.3 is 0 Å². The Morgan fingerprint density at radius 1 is 1.30 bits per heavy atom. The summed E-state index contributed by atoms with van der Waals surface area (Å²) in [5.41, 5.74) is 1.33. The fourth-order valence-corrected chi connectivity index (χ4v) is 4.29. The number of nitrogens with one attached hydrogen (secondary N) is 1. The Bertz CT molecular complexity index is 499. The molecule has 1 aromatic rings. The predicted molar refractivity (Wildman–Crippen MR) is 83.2 cm³/mol. The highest BCUT2D eigenvalue weighted by atomic mass is 79.9. The maximum atomic E-state index is 6.04. The van der Waals surface area contributed by atoms with Crippen LogP contribution < -0.4 is 10.1 Å². The van der Waals surface area contributed by atoms with Gasteiger partial charge in [-0.05, 0) is 55.6 Å². The molecule has 0 saturated carbocycles. The van der Waals surface area contributed by atoms with Crippen molar-refractivity contribution in [2.24, 2.45) is 5.92 Å². The Labute approximate surface area is 128 Å². The summed E-state index contributed by atoms with van der Waals surface area (Å²) in [5.74, 6) is 1.95. The van der Waals surface area contributed by atoms with Crippen molar-refractivity contribution in [3.63, 3.8) is 0 Å². The summed E-state index contributed by atoms with van der Waals surface area (Å²) in [6.07, 6.45) is 4.07. The van der Waals surface area contributed by atoms with Crippen LogP contribution in [0.25, 0.3) is 0 Å². The van der Waals surface area contributed by atoms with Crippen LogP contribution in [-0.4, -0.2) is 43.2 Å². The van der Waals surface area contributed by atoms with Crippen molar-refractivity contribution in [1.82, 2.24) is 10.2 Å². The number of benzene rings is 1. The lowest BCUT2D eigenvalue weighted by atomic mass is 9.84. The van der Waals surface area contributed by atoms with Gasteiger partial charge in [-0.3, -0.25) is 0 Å². The lowest BCUT2D eigenvalue weighted by Crippen LogP contribution is -2.57. The van der Waals surface area contributed by atoms with Gasteiger partial charge in [0.2, 0.25) is 0 Å². The zero-order valence-electron chi connectivity index (χ0n) is 11.6. The number of hydrogen-bond acceptors (Lipinski definition) is 3. The van der Waals surface area contributed by atoms with Crippen LogP contribution in [0.4, 0.5) is 0 Å². The second-order valence-corrected chi connectivity index (χ2v) is 7.26. The summed E-state index contributed by atoms with van der Waals surface area (Å²) in [7, 11) is 0. The van der Waals surface area contributed by atoms with Crippen LogP contribution in [0.5, 0.6) is 5.75 Å². The first kappa shape index (κ1) is 13.1. The van der Waals surface area contributed by atoms with E-state index in [1.165, 1.54) is 38.0 Å². The molecule has 2 bridgehead atoms. The number of halogens is 1. The first-order valence-corrected chi connectivity index (χ1v) is 8.48.